The lowest BCUT2D eigenvalue weighted by molar-refractivity contribution is -0.119. The maximum absolute atomic E-state index is 13.3. The Morgan fingerprint density at radius 2 is 1.56 bits per heavy atom. The largest absolute Gasteiger partial charge is 0.508 e. The number of carbonyl (C=O) groups is 1. The Kier molecular flexibility index (Phi) is 3.62. The van der Waals surface area contributed by atoms with E-state index < -0.39 is 0 Å². The molecule has 0 saturated heterocycles. The zero-order chi connectivity index (χ0) is 18.4. The Labute approximate surface area is 157 Å². The van der Waals surface area contributed by atoms with E-state index >= 15 is 0 Å². The van der Waals surface area contributed by atoms with Gasteiger partial charge in [0.1, 0.15) is 5.75 Å². The fraction of sp³-hybridized carbons (Fsp3) is 0.136. The third-order valence-electron chi connectivity index (χ3n) is 5.06. The van der Waals surface area contributed by atoms with E-state index in [0.29, 0.717) is 30.3 Å². The smallest absolute Gasteiger partial charge is 0.245 e. The first-order chi connectivity index (χ1) is 13.2. The molecule has 0 aliphatic carbocycles. The lowest BCUT2D eigenvalue weighted by Gasteiger charge is -2.32. The number of hydrogen-bond acceptors (Lipinski definition) is 4. The van der Waals surface area contributed by atoms with Crippen LogP contribution >= 0.6 is 0 Å². The third kappa shape index (κ3) is 2.64. The van der Waals surface area contributed by atoms with Gasteiger partial charge in [-0.3, -0.25) is 14.6 Å². The van der Waals surface area contributed by atoms with E-state index in [1.165, 1.54) is 0 Å². The molecule has 2 heterocycles. The highest BCUT2D eigenvalue weighted by Crippen LogP contribution is 2.46. The molecule has 134 valence electrons. The molecule has 0 saturated carbocycles. The normalized spacial score (nSPS) is 14.9. The van der Waals surface area contributed by atoms with E-state index in [9.17, 15) is 9.90 Å². The van der Waals surface area contributed by atoms with Crippen molar-refractivity contribution in [2.75, 3.05) is 11.4 Å². The first-order valence-electron chi connectivity index (χ1n) is 8.91. The molecule has 5 nitrogen and oxygen atoms in total. The van der Waals surface area contributed by atoms with Crippen LogP contribution in [0.25, 0.3) is 0 Å². The van der Waals surface area contributed by atoms with Crippen LogP contribution in [0.3, 0.4) is 0 Å². The molecule has 3 aromatic rings. The van der Waals surface area contributed by atoms with E-state index in [2.05, 4.69) is 0 Å². The highest BCUT2D eigenvalue weighted by Gasteiger charge is 2.31. The monoisotopic (exact) mass is 358 g/mol. The van der Waals surface area contributed by atoms with Crippen LogP contribution < -0.4 is 9.64 Å². The standard InChI is InChI=1S/C22H18N2O3/c25-19-9-5-6-15-12-23(13-16(15)19)14-22(26)24-17-7-1-3-10-20(17)27-21-11-4-2-8-18(21)24/h1-11,25H,12-14H2. The fourth-order valence-electron chi connectivity index (χ4n) is 3.82. The molecule has 0 unspecified atom stereocenters. The molecule has 0 radical (unpaired) electrons. The van der Waals surface area contributed by atoms with Gasteiger partial charge in [-0.2, -0.15) is 0 Å². The van der Waals surface area contributed by atoms with Gasteiger partial charge in [0.15, 0.2) is 11.5 Å². The Bertz CT molecular complexity index is 1000. The van der Waals surface area contributed by atoms with Gasteiger partial charge in [0.2, 0.25) is 5.91 Å². The van der Waals surface area contributed by atoms with Crippen molar-refractivity contribution in [1.29, 1.82) is 0 Å². The maximum atomic E-state index is 13.3. The van der Waals surface area contributed by atoms with Gasteiger partial charge in [0.25, 0.3) is 0 Å². The molecule has 1 N–H and O–H groups in total. The summed E-state index contributed by atoms with van der Waals surface area (Å²) in [6.45, 7) is 1.49. The maximum Gasteiger partial charge on any atom is 0.245 e. The Hall–Kier alpha value is -3.31. The highest BCUT2D eigenvalue weighted by molar-refractivity contribution is 6.05. The number of rotatable bonds is 2. The van der Waals surface area contributed by atoms with E-state index in [1.807, 2.05) is 65.6 Å². The van der Waals surface area contributed by atoms with E-state index in [4.69, 9.17) is 4.74 Å². The van der Waals surface area contributed by atoms with E-state index in [1.54, 1.807) is 11.0 Å². The molecule has 0 atom stereocenters. The van der Waals surface area contributed by atoms with Crippen molar-refractivity contribution in [2.45, 2.75) is 13.1 Å². The lowest BCUT2D eigenvalue weighted by Crippen LogP contribution is -2.37. The highest BCUT2D eigenvalue weighted by atomic mass is 16.5. The first kappa shape index (κ1) is 15.9. The summed E-state index contributed by atoms with van der Waals surface area (Å²) in [6, 6.07) is 20.7. The van der Waals surface area contributed by atoms with Gasteiger partial charge < -0.3 is 9.84 Å². The minimum Gasteiger partial charge on any atom is -0.508 e. The zero-order valence-electron chi connectivity index (χ0n) is 14.6. The van der Waals surface area contributed by atoms with Gasteiger partial charge in [-0.15, -0.1) is 0 Å². The Balaban J connectivity index is 1.45. The molecule has 0 fully saturated rings. The predicted molar refractivity (Wildman–Crippen MR) is 102 cm³/mol. The summed E-state index contributed by atoms with van der Waals surface area (Å²) in [7, 11) is 0. The number of fused-ring (bicyclic) bond motifs is 3. The molecular weight excluding hydrogens is 340 g/mol. The second-order valence-electron chi connectivity index (χ2n) is 6.83. The quantitative estimate of drug-likeness (QED) is 0.747. The number of amides is 1. The van der Waals surface area contributed by atoms with Crippen molar-refractivity contribution >= 4 is 17.3 Å². The van der Waals surface area contributed by atoms with Crippen molar-refractivity contribution in [3.63, 3.8) is 0 Å². The minimum atomic E-state index is -0.0227. The summed E-state index contributed by atoms with van der Waals surface area (Å²) < 4.78 is 5.95. The number of para-hydroxylation sites is 4. The van der Waals surface area contributed by atoms with Crippen LogP contribution in [0.5, 0.6) is 17.2 Å². The predicted octanol–water partition coefficient (Wildman–Crippen LogP) is 4.18. The van der Waals surface area contributed by atoms with Crippen molar-refractivity contribution in [1.82, 2.24) is 4.90 Å². The number of phenols is 1. The summed E-state index contributed by atoms with van der Waals surface area (Å²) in [4.78, 5) is 17.1. The molecule has 0 spiro atoms. The number of nitrogens with zero attached hydrogens (tertiary/aromatic N) is 2. The average molecular weight is 358 g/mol. The molecule has 2 aliphatic heterocycles. The van der Waals surface area contributed by atoms with Crippen LogP contribution in [0.2, 0.25) is 0 Å². The third-order valence-corrected chi connectivity index (χ3v) is 5.06. The van der Waals surface area contributed by atoms with Gasteiger partial charge in [0, 0.05) is 18.7 Å². The second kappa shape index (κ2) is 6.14. The fourth-order valence-corrected chi connectivity index (χ4v) is 3.82. The van der Waals surface area contributed by atoms with Crippen LogP contribution in [-0.2, 0) is 17.9 Å². The van der Waals surface area contributed by atoms with Crippen molar-refractivity contribution in [3.05, 3.63) is 77.9 Å². The number of ether oxygens (including phenoxy) is 1. The van der Waals surface area contributed by atoms with Crippen LogP contribution in [0.1, 0.15) is 11.1 Å². The van der Waals surface area contributed by atoms with Crippen LogP contribution in [0.15, 0.2) is 66.7 Å². The SMILES string of the molecule is O=C(CN1Cc2cccc(O)c2C1)N1c2ccccc2Oc2ccccc21. The van der Waals surface area contributed by atoms with E-state index in [0.717, 1.165) is 22.5 Å². The van der Waals surface area contributed by atoms with Crippen LogP contribution in [0.4, 0.5) is 11.4 Å². The molecule has 27 heavy (non-hydrogen) atoms. The Morgan fingerprint density at radius 3 is 2.22 bits per heavy atom. The number of anilines is 2. The Morgan fingerprint density at radius 1 is 0.889 bits per heavy atom. The molecule has 2 aliphatic rings. The summed E-state index contributed by atoms with van der Waals surface area (Å²) in [5.41, 5.74) is 3.49. The number of benzene rings is 3. The number of carbonyl (C=O) groups excluding carboxylic acids is 1. The van der Waals surface area contributed by atoms with Gasteiger partial charge in [-0.05, 0) is 35.9 Å². The van der Waals surface area contributed by atoms with Gasteiger partial charge in [-0.25, -0.2) is 0 Å². The molecule has 5 heteroatoms. The first-order valence-corrected chi connectivity index (χ1v) is 8.91. The second-order valence-corrected chi connectivity index (χ2v) is 6.83. The van der Waals surface area contributed by atoms with E-state index in [-0.39, 0.29) is 12.5 Å². The van der Waals surface area contributed by atoms with Gasteiger partial charge >= 0.3 is 0 Å². The molecule has 3 aromatic carbocycles. The summed E-state index contributed by atoms with van der Waals surface area (Å²) in [5.74, 6) is 1.62. The molecule has 1 amide bonds. The molecule has 0 bridgehead atoms. The molecule has 0 aromatic heterocycles. The summed E-state index contributed by atoms with van der Waals surface area (Å²) >= 11 is 0. The number of phenolic OH excluding ortho intramolecular Hbond substituents is 1. The van der Waals surface area contributed by atoms with Crippen LogP contribution in [0, 0.1) is 0 Å². The molecule has 5 rings (SSSR count). The number of hydrogen-bond donors (Lipinski definition) is 1. The van der Waals surface area contributed by atoms with Gasteiger partial charge in [0.05, 0.1) is 17.9 Å². The number of aromatic hydroxyl groups is 1. The van der Waals surface area contributed by atoms with Crippen LogP contribution in [-0.4, -0.2) is 22.5 Å². The lowest BCUT2D eigenvalue weighted by atomic mass is 10.1. The summed E-state index contributed by atoms with van der Waals surface area (Å²) in [6.07, 6.45) is 0. The van der Waals surface area contributed by atoms with Crippen molar-refractivity contribution in [3.8, 4) is 17.2 Å². The van der Waals surface area contributed by atoms with Crippen molar-refractivity contribution < 1.29 is 14.6 Å². The van der Waals surface area contributed by atoms with Gasteiger partial charge in [-0.1, -0.05) is 36.4 Å². The summed E-state index contributed by atoms with van der Waals surface area (Å²) in [5, 5.41) is 10.1. The topological polar surface area (TPSA) is 53.0 Å². The van der Waals surface area contributed by atoms with Crippen molar-refractivity contribution in [2.24, 2.45) is 0 Å². The molecular formula is C22H18N2O3. The zero-order valence-corrected chi connectivity index (χ0v) is 14.6. The average Bonchev–Trinajstić information content (AvgIpc) is 3.09. The minimum absolute atomic E-state index is 0.0227.